The van der Waals surface area contributed by atoms with E-state index in [4.69, 9.17) is 5.11 Å². The van der Waals surface area contributed by atoms with Crippen LogP contribution in [0.2, 0.25) is 0 Å². The molecule has 0 aliphatic carbocycles. The minimum absolute atomic E-state index is 0.264. The van der Waals surface area contributed by atoms with Gasteiger partial charge in [0.05, 0.1) is 0 Å². The number of nitrogens with zero attached hydrogens (tertiary/aromatic N) is 1. The van der Waals surface area contributed by atoms with Crippen molar-refractivity contribution in [3.8, 4) is 0 Å². The first-order chi connectivity index (χ1) is 8.80. The lowest BCUT2D eigenvalue weighted by Crippen LogP contribution is -2.15. The van der Waals surface area contributed by atoms with Crippen molar-refractivity contribution >= 4 is 11.5 Å². The second kappa shape index (κ2) is 8.75. The molecular formula is C14H25N3O. The summed E-state index contributed by atoms with van der Waals surface area (Å²) in [5.74, 6) is 1.44. The van der Waals surface area contributed by atoms with Gasteiger partial charge in [-0.3, -0.25) is 0 Å². The molecule has 0 aliphatic heterocycles. The summed E-state index contributed by atoms with van der Waals surface area (Å²) in [6.07, 6.45) is 4.84. The van der Waals surface area contributed by atoms with Gasteiger partial charge in [-0.15, -0.1) is 0 Å². The third-order valence-corrected chi connectivity index (χ3v) is 3.03. The summed E-state index contributed by atoms with van der Waals surface area (Å²) in [5, 5.41) is 15.6. The molecule has 102 valence electrons. The zero-order valence-corrected chi connectivity index (χ0v) is 11.4. The quantitative estimate of drug-likeness (QED) is 0.631. The van der Waals surface area contributed by atoms with Gasteiger partial charge < -0.3 is 15.7 Å². The Morgan fingerprint density at radius 3 is 2.83 bits per heavy atom. The Hall–Kier alpha value is -1.29. The van der Waals surface area contributed by atoms with Crippen molar-refractivity contribution in [2.45, 2.75) is 33.1 Å². The van der Waals surface area contributed by atoms with E-state index in [1.54, 1.807) is 0 Å². The molecule has 1 atom stereocenters. The standard InChI is InChI=1S/C14H25N3O/c1-3-7-15-14-10-13(5-8-16-14)17-11-12(4-2)6-9-18/h5,8,10,12,18H,3-4,6-7,9,11H2,1-2H3,(H2,15,16,17). The SMILES string of the molecule is CCCNc1cc(NCC(CC)CCO)ccn1. The van der Waals surface area contributed by atoms with Gasteiger partial charge in [-0.25, -0.2) is 4.98 Å². The Morgan fingerprint density at radius 2 is 2.17 bits per heavy atom. The fraction of sp³-hybridized carbons (Fsp3) is 0.643. The van der Waals surface area contributed by atoms with Crippen LogP contribution in [0.25, 0.3) is 0 Å². The highest BCUT2D eigenvalue weighted by molar-refractivity contribution is 5.51. The molecule has 0 aromatic carbocycles. The van der Waals surface area contributed by atoms with Gasteiger partial charge in [0.15, 0.2) is 0 Å². The van der Waals surface area contributed by atoms with Gasteiger partial charge in [-0.05, 0) is 24.8 Å². The smallest absolute Gasteiger partial charge is 0.127 e. The molecule has 0 amide bonds. The fourth-order valence-electron chi connectivity index (χ4n) is 1.79. The zero-order valence-electron chi connectivity index (χ0n) is 11.4. The van der Waals surface area contributed by atoms with Crippen LogP contribution in [-0.4, -0.2) is 29.8 Å². The number of hydrogen-bond acceptors (Lipinski definition) is 4. The van der Waals surface area contributed by atoms with E-state index in [1.807, 2.05) is 18.3 Å². The van der Waals surface area contributed by atoms with Crippen LogP contribution in [0.3, 0.4) is 0 Å². The summed E-state index contributed by atoms with van der Waals surface area (Å²) in [5.41, 5.74) is 1.08. The monoisotopic (exact) mass is 251 g/mol. The number of pyridine rings is 1. The molecule has 4 heteroatoms. The Bertz CT molecular complexity index is 331. The Labute approximate surface area is 110 Å². The normalized spacial score (nSPS) is 12.2. The van der Waals surface area contributed by atoms with Crippen molar-refractivity contribution in [3.05, 3.63) is 18.3 Å². The number of rotatable bonds is 9. The number of hydrogen-bond donors (Lipinski definition) is 3. The maximum absolute atomic E-state index is 8.96. The summed E-state index contributed by atoms with van der Waals surface area (Å²) in [6, 6.07) is 4.00. The molecule has 1 aromatic heterocycles. The molecule has 0 spiro atoms. The maximum atomic E-state index is 8.96. The maximum Gasteiger partial charge on any atom is 0.127 e. The van der Waals surface area contributed by atoms with Gasteiger partial charge in [0.1, 0.15) is 5.82 Å². The molecule has 0 aliphatic rings. The van der Waals surface area contributed by atoms with Crippen LogP contribution in [-0.2, 0) is 0 Å². The minimum atomic E-state index is 0.264. The van der Waals surface area contributed by atoms with Crippen molar-refractivity contribution < 1.29 is 5.11 Å². The first-order valence-electron chi connectivity index (χ1n) is 6.84. The Morgan fingerprint density at radius 1 is 1.33 bits per heavy atom. The van der Waals surface area contributed by atoms with E-state index < -0.39 is 0 Å². The predicted octanol–water partition coefficient (Wildman–Crippen LogP) is 2.72. The predicted molar refractivity (Wildman–Crippen MR) is 77.0 cm³/mol. The van der Waals surface area contributed by atoms with Crippen molar-refractivity contribution in [2.75, 3.05) is 30.3 Å². The van der Waals surface area contributed by atoms with E-state index in [0.29, 0.717) is 5.92 Å². The van der Waals surface area contributed by atoms with Gasteiger partial charge >= 0.3 is 0 Å². The summed E-state index contributed by atoms with van der Waals surface area (Å²) < 4.78 is 0. The Kier molecular flexibility index (Phi) is 7.18. The summed E-state index contributed by atoms with van der Waals surface area (Å²) >= 11 is 0. The van der Waals surface area contributed by atoms with E-state index in [9.17, 15) is 0 Å². The highest BCUT2D eigenvalue weighted by atomic mass is 16.3. The van der Waals surface area contributed by atoms with Gasteiger partial charge in [-0.1, -0.05) is 20.3 Å². The topological polar surface area (TPSA) is 57.2 Å². The number of nitrogens with one attached hydrogen (secondary N) is 2. The molecule has 0 saturated carbocycles. The van der Waals surface area contributed by atoms with Crippen LogP contribution in [0.5, 0.6) is 0 Å². The molecule has 18 heavy (non-hydrogen) atoms. The van der Waals surface area contributed by atoms with E-state index in [1.165, 1.54) is 0 Å². The van der Waals surface area contributed by atoms with Crippen LogP contribution < -0.4 is 10.6 Å². The summed E-state index contributed by atoms with van der Waals surface area (Å²) in [4.78, 5) is 4.27. The number of aliphatic hydroxyl groups excluding tert-OH is 1. The molecule has 1 unspecified atom stereocenters. The first-order valence-corrected chi connectivity index (χ1v) is 6.84. The second-order valence-electron chi connectivity index (χ2n) is 4.52. The lowest BCUT2D eigenvalue weighted by atomic mass is 10.0. The molecular weight excluding hydrogens is 226 g/mol. The third kappa shape index (κ3) is 5.36. The third-order valence-electron chi connectivity index (χ3n) is 3.03. The van der Waals surface area contributed by atoms with Gasteiger partial charge in [0, 0.05) is 37.6 Å². The Balaban J connectivity index is 2.45. The van der Waals surface area contributed by atoms with Crippen LogP contribution in [0.15, 0.2) is 18.3 Å². The molecule has 0 saturated heterocycles. The molecule has 1 rings (SSSR count). The highest BCUT2D eigenvalue weighted by Gasteiger charge is 2.05. The largest absolute Gasteiger partial charge is 0.396 e. The van der Waals surface area contributed by atoms with Crippen LogP contribution >= 0.6 is 0 Å². The van der Waals surface area contributed by atoms with Crippen LogP contribution in [0.4, 0.5) is 11.5 Å². The minimum Gasteiger partial charge on any atom is -0.396 e. The van der Waals surface area contributed by atoms with Crippen molar-refractivity contribution in [3.63, 3.8) is 0 Å². The number of aromatic nitrogens is 1. The van der Waals surface area contributed by atoms with E-state index >= 15 is 0 Å². The van der Waals surface area contributed by atoms with Gasteiger partial charge in [-0.2, -0.15) is 0 Å². The molecule has 1 aromatic rings. The van der Waals surface area contributed by atoms with E-state index in [0.717, 1.165) is 43.9 Å². The second-order valence-corrected chi connectivity index (χ2v) is 4.52. The number of aliphatic hydroxyl groups is 1. The first kappa shape index (κ1) is 14.8. The van der Waals surface area contributed by atoms with Crippen molar-refractivity contribution in [1.29, 1.82) is 0 Å². The van der Waals surface area contributed by atoms with Crippen LogP contribution in [0, 0.1) is 5.92 Å². The van der Waals surface area contributed by atoms with Crippen molar-refractivity contribution in [1.82, 2.24) is 4.98 Å². The summed E-state index contributed by atoms with van der Waals surface area (Å²) in [7, 11) is 0. The lowest BCUT2D eigenvalue weighted by molar-refractivity contribution is 0.258. The molecule has 0 radical (unpaired) electrons. The molecule has 4 nitrogen and oxygen atoms in total. The van der Waals surface area contributed by atoms with Crippen LogP contribution in [0.1, 0.15) is 33.1 Å². The molecule has 3 N–H and O–H groups in total. The van der Waals surface area contributed by atoms with E-state index in [2.05, 4.69) is 29.5 Å². The fourth-order valence-corrected chi connectivity index (χ4v) is 1.79. The van der Waals surface area contributed by atoms with Gasteiger partial charge in [0.25, 0.3) is 0 Å². The highest BCUT2D eigenvalue weighted by Crippen LogP contribution is 2.14. The summed E-state index contributed by atoms with van der Waals surface area (Å²) in [6.45, 7) is 6.39. The van der Waals surface area contributed by atoms with Gasteiger partial charge in [0.2, 0.25) is 0 Å². The molecule has 0 fully saturated rings. The van der Waals surface area contributed by atoms with Crippen molar-refractivity contribution in [2.24, 2.45) is 5.92 Å². The average molecular weight is 251 g/mol. The molecule has 1 heterocycles. The zero-order chi connectivity index (χ0) is 13.2. The number of anilines is 2. The molecule has 0 bridgehead atoms. The van der Waals surface area contributed by atoms with E-state index in [-0.39, 0.29) is 6.61 Å². The lowest BCUT2D eigenvalue weighted by Gasteiger charge is -2.15. The average Bonchev–Trinajstić information content (AvgIpc) is 2.41.